The zero-order valence-electron chi connectivity index (χ0n) is 13.2. The Morgan fingerprint density at radius 1 is 1.17 bits per heavy atom. The lowest BCUT2D eigenvalue weighted by molar-refractivity contribution is -0.115. The van der Waals surface area contributed by atoms with E-state index in [1.165, 1.54) is 24.3 Å². The van der Waals surface area contributed by atoms with E-state index in [1.54, 1.807) is 4.90 Å². The number of nitrogens with two attached hydrogens (primary N) is 1. The van der Waals surface area contributed by atoms with Crippen molar-refractivity contribution in [2.24, 2.45) is 5.73 Å². The topological polar surface area (TPSA) is 110 Å². The van der Waals surface area contributed by atoms with E-state index in [0.717, 1.165) is 0 Å². The Morgan fingerprint density at radius 3 is 2.17 bits per heavy atom. The number of sulfone groups is 1. The molecule has 126 valence electrons. The monoisotopic (exact) mass is 339 g/mol. The molecule has 2 amide bonds. The lowest BCUT2D eigenvalue weighted by atomic mass is 10.1. The molecule has 2 unspecified atom stereocenters. The molecule has 23 heavy (non-hydrogen) atoms. The molecule has 3 N–H and O–H groups in total. The molecule has 7 nitrogen and oxygen atoms in total. The third-order valence-electron chi connectivity index (χ3n) is 3.64. The molecule has 1 aliphatic heterocycles. The van der Waals surface area contributed by atoms with Gasteiger partial charge in [-0.3, -0.25) is 9.59 Å². The third-order valence-corrected chi connectivity index (χ3v) is 5.29. The SMILES string of the molecule is CC1CN(C(=O)c2ccc(S(=O)(=O)CC(N)=O)cc2)CC(C)N1. The van der Waals surface area contributed by atoms with Crippen LogP contribution in [0.4, 0.5) is 0 Å². The van der Waals surface area contributed by atoms with Crippen LogP contribution in [-0.4, -0.2) is 56.1 Å². The second-order valence-corrected chi connectivity index (χ2v) is 7.92. The van der Waals surface area contributed by atoms with E-state index in [0.29, 0.717) is 18.7 Å². The van der Waals surface area contributed by atoms with Gasteiger partial charge in [0, 0.05) is 30.7 Å². The normalized spacial score (nSPS) is 21.9. The summed E-state index contributed by atoms with van der Waals surface area (Å²) < 4.78 is 23.8. The van der Waals surface area contributed by atoms with Crippen molar-refractivity contribution in [2.45, 2.75) is 30.8 Å². The minimum absolute atomic E-state index is 0.0186. The van der Waals surface area contributed by atoms with Crippen LogP contribution in [0.1, 0.15) is 24.2 Å². The van der Waals surface area contributed by atoms with Gasteiger partial charge in [0.15, 0.2) is 9.84 Å². The lowest BCUT2D eigenvalue weighted by Gasteiger charge is -2.36. The Labute approximate surface area is 135 Å². The van der Waals surface area contributed by atoms with Gasteiger partial charge < -0.3 is 16.0 Å². The van der Waals surface area contributed by atoms with E-state index in [9.17, 15) is 18.0 Å². The van der Waals surface area contributed by atoms with Crippen molar-refractivity contribution in [3.63, 3.8) is 0 Å². The Morgan fingerprint density at radius 2 is 1.70 bits per heavy atom. The summed E-state index contributed by atoms with van der Waals surface area (Å²) in [7, 11) is -3.75. The molecule has 0 spiro atoms. The van der Waals surface area contributed by atoms with E-state index < -0.39 is 21.5 Å². The number of nitrogens with one attached hydrogen (secondary N) is 1. The van der Waals surface area contributed by atoms with Crippen molar-refractivity contribution in [1.29, 1.82) is 0 Å². The van der Waals surface area contributed by atoms with E-state index in [4.69, 9.17) is 5.73 Å². The first-order valence-electron chi connectivity index (χ1n) is 7.35. The van der Waals surface area contributed by atoms with Gasteiger partial charge in [0.2, 0.25) is 5.91 Å². The molecule has 0 bridgehead atoms. The molecule has 1 heterocycles. The summed E-state index contributed by atoms with van der Waals surface area (Å²) in [6.45, 7) is 5.22. The number of hydrogen-bond donors (Lipinski definition) is 2. The summed E-state index contributed by atoms with van der Waals surface area (Å²) >= 11 is 0. The van der Waals surface area contributed by atoms with Gasteiger partial charge in [-0.15, -0.1) is 0 Å². The number of benzene rings is 1. The minimum atomic E-state index is -3.75. The van der Waals surface area contributed by atoms with Gasteiger partial charge in [-0.25, -0.2) is 8.42 Å². The van der Waals surface area contributed by atoms with Crippen LogP contribution in [0.15, 0.2) is 29.2 Å². The van der Waals surface area contributed by atoms with Crippen molar-refractivity contribution in [3.05, 3.63) is 29.8 Å². The van der Waals surface area contributed by atoms with Crippen molar-refractivity contribution < 1.29 is 18.0 Å². The number of hydrogen-bond acceptors (Lipinski definition) is 5. The highest BCUT2D eigenvalue weighted by molar-refractivity contribution is 7.92. The number of rotatable bonds is 4. The highest BCUT2D eigenvalue weighted by Crippen LogP contribution is 2.15. The zero-order valence-corrected chi connectivity index (χ0v) is 14.0. The second kappa shape index (κ2) is 6.67. The third kappa shape index (κ3) is 4.29. The zero-order chi connectivity index (χ0) is 17.2. The maximum Gasteiger partial charge on any atom is 0.253 e. The standard InChI is InChI=1S/C15H21N3O4S/c1-10-7-18(8-11(2)17-10)15(20)12-3-5-13(6-4-12)23(21,22)9-14(16)19/h3-6,10-11,17H,7-9H2,1-2H3,(H2,16,19). The highest BCUT2D eigenvalue weighted by atomic mass is 32.2. The molecule has 1 aliphatic rings. The summed E-state index contributed by atoms with van der Waals surface area (Å²) in [6, 6.07) is 6.01. The number of primary amides is 1. The van der Waals surface area contributed by atoms with Crippen LogP contribution >= 0.6 is 0 Å². The van der Waals surface area contributed by atoms with Crippen LogP contribution in [0.2, 0.25) is 0 Å². The fourth-order valence-electron chi connectivity index (χ4n) is 2.75. The number of piperazine rings is 1. The van der Waals surface area contributed by atoms with Crippen LogP contribution < -0.4 is 11.1 Å². The van der Waals surface area contributed by atoms with E-state index in [-0.39, 0.29) is 22.9 Å². The van der Waals surface area contributed by atoms with Crippen molar-refractivity contribution in [3.8, 4) is 0 Å². The molecule has 0 aliphatic carbocycles. The molecular weight excluding hydrogens is 318 g/mol. The van der Waals surface area contributed by atoms with E-state index >= 15 is 0 Å². The average molecular weight is 339 g/mol. The molecule has 0 saturated carbocycles. The first-order valence-corrected chi connectivity index (χ1v) is 9.00. The Bertz CT molecular complexity index is 690. The quantitative estimate of drug-likeness (QED) is 0.787. The Balaban J connectivity index is 2.16. The predicted molar refractivity (Wildman–Crippen MR) is 85.7 cm³/mol. The smallest absolute Gasteiger partial charge is 0.253 e. The maximum absolute atomic E-state index is 12.5. The highest BCUT2D eigenvalue weighted by Gasteiger charge is 2.26. The van der Waals surface area contributed by atoms with Gasteiger partial charge in [0.25, 0.3) is 5.91 Å². The molecule has 0 radical (unpaired) electrons. The van der Waals surface area contributed by atoms with E-state index in [1.807, 2.05) is 13.8 Å². The lowest BCUT2D eigenvalue weighted by Crippen LogP contribution is -2.55. The van der Waals surface area contributed by atoms with Crippen LogP contribution in [-0.2, 0) is 14.6 Å². The largest absolute Gasteiger partial charge is 0.369 e. The van der Waals surface area contributed by atoms with Gasteiger partial charge in [-0.2, -0.15) is 0 Å². The fraction of sp³-hybridized carbons (Fsp3) is 0.467. The maximum atomic E-state index is 12.5. The predicted octanol–water partition coefficient (Wildman–Crippen LogP) is -0.232. The Hall–Kier alpha value is -1.93. The van der Waals surface area contributed by atoms with E-state index in [2.05, 4.69) is 5.32 Å². The van der Waals surface area contributed by atoms with Crippen LogP contribution in [0.5, 0.6) is 0 Å². The summed E-state index contributed by atoms with van der Waals surface area (Å²) in [5, 5.41) is 3.35. The van der Waals surface area contributed by atoms with Gasteiger partial charge >= 0.3 is 0 Å². The average Bonchev–Trinajstić information content (AvgIpc) is 2.44. The molecule has 1 saturated heterocycles. The van der Waals surface area contributed by atoms with Crippen molar-refractivity contribution >= 4 is 21.7 Å². The summed E-state index contributed by atoms with van der Waals surface area (Å²) in [4.78, 5) is 25.0. The van der Waals surface area contributed by atoms with Crippen LogP contribution in [0.25, 0.3) is 0 Å². The molecular formula is C15H21N3O4S. The molecule has 2 atom stereocenters. The summed E-state index contributed by atoms with van der Waals surface area (Å²) in [5.41, 5.74) is 5.35. The first-order chi connectivity index (χ1) is 10.7. The van der Waals surface area contributed by atoms with Gasteiger partial charge in [-0.05, 0) is 38.1 Å². The minimum Gasteiger partial charge on any atom is -0.369 e. The second-order valence-electron chi connectivity index (χ2n) is 5.93. The summed E-state index contributed by atoms with van der Waals surface area (Å²) in [5.74, 6) is -1.79. The molecule has 8 heteroatoms. The fourth-order valence-corrected chi connectivity index (χ4v) is 3.84. The molecule has 0 aromatic heterocycles. The number of nitrogens with zero attached hydrogens (tertiary/aromatic N) is 1. The number of amides is 2. The number of carbonyl (C=O) groups excluding carboxylic acids is 2. The molecule has 1 aromatic carbocycles. The summed E-state index contributed by atoms with van der Waals surface area (Å²) in [6.07, 6.45) is 0. The number of carbonyl (C=O) groups is 2. The van der Waals surface area contributed by atoms with Crippen molar-refractivity contribution in [1.82, 2.24) is 10.2 Å². The first kappa shape index (κ1) is 17.4. The van der Waals surface area contributed by atoms with Crippen LogP contribution in [0.3, 0.4) is 0 Å². The Kier molecular flexibility index (Phi) is 5.06. The van der Waals surface area contributed by atoms with Gasteiger partial charge in [-0.1, -0.05) is 0 Å². The molecule has 1 fully saturated rings. The molecule has 1 aromatic rings. The van der Waals surface area contributed by atoms with Gasteiger partial charge in [0.1, 0.15) is 5.75 Å². The van der Waals surface area contributed by atoms with Crippen LogP contribution in [0, 0.1) is 0 Å². The van der Waals surface area contributed by atoms with Gasteiger partial charge in [0.05, 0.1) is 4.90 Å². The van der Waals surface area contributed by atoms with Crippen molar-refractivity contribution in [2.75, 3.05) is 18.8 Å². The molecule has 2 rings (SSSR count).